The van der Waals surface area contributed by atoms with Gasteiger partial charge >= 0.3 is 0 Å². The summed E-state index contributed by atoms with van der Waals surface area (Å²) in [6, 6.07) is 17.0. The molecule has 0 spiro atoms. The number of nitro benzene ring substituents is 1. The number of anilines is 1. The van der Waals surface area contributed by atoms with Crippen LogP contribution in [0.2, 0.25) is 0 Å². The summed E-state index contributed by atoms with van der Waals surface area (Å²) in [5.74, 6) is 1.02. The van der Waals surface area contributed by atoms with Gasteiger partial charge in [0.15, 0.2) is 0 Å². The maximum Gasteiger partial charge on any atom is 0.275 e. The van der Waals surface area contributed by atoms with Crippen molar-refractivity contribution in [3.63, 3.8) is 0 Å². The topological polar surface area (TPSA) is 112 Å². The SMILES string of the molecule is COc1ccc(C2=NOC(C(=O)Nc3cc(Oc4cc(C)cc(C)c4)cc([N+](=O)[O-])c3)C2)cc1. The van der Waals surface area contributed by atoms with Crippen LogP contribution in [0.3, 0.4) is 0 Å². The van der Waals surface area contributed by atoms with E-state index in [-0.39, 0.29) is 23.5 Å². The summed E-state index contributed by atoms with van der Waals surface area (Å²) in [7, 11) is 1.58. The van der Waals surface area contributed by atoms with Crippen LogP contribution in [0.15, 0.2) is 65.8 Å². The summed E-state index contributed by atoms with van der Waals surface area (Å²) in [5.41, 5.74) is 3.45. The third kappa shape index (κ3) is 5.32. The molecule has 0 aromatic heterocycles. The van der Waals surface area contributed by atoms with E-state index in [9.17, 15) is 14.9 Å². The molecule has 0 aliphatic carbocycles. The van der Waals surface area contributed by atoms with E-state index in [1.807, 2.05) is 44.2 Å². The van der Waals surface area contributed by atoms with Crippen molar-refractivity contribution in [1.29, 1.82) is 0 Å². The standard InChI is InChI=1S/C25H23N3O6/c1-15-8-16(2)10-21(9-15)33-22-12-18(11-19(13-22)28(30)31)26-25(29)24-14-23(27-34-24)17-4-6-20(32-3)7-5-17/h4-13,24H,14H2,1-3H3,(H,26,29). The average Bonchev–Trinajstić information content (AvgIpc) is 3.29. The first-order valence-electron chi connectivity index (χ1n) is 10.5. The highest BCUT2D eigenvalue weighted by Crippen LogP contribution is 2.31. The van der Waals surface area contributed by atoms with Crippen molar-refractivity contribution >= 4 is 23.0 Å². The number of ether oxygens (including phenoxy) is 2. The number of nitrogens with zero attached hydrogens (tertiary/aromatic N) is 2. The van der Waals surface area contributed by atoms with Gasteiger partial charge in [-0.2, -0.15) is 0 Å². The smallest absolute Gasteiger partial charge is 0.275 e. The van der Waals surface area contributed by atoms with Crippen molar-refractivity contribution < 1.29 is 24.0 Å². The van der Waals surface area contributed by atoms with Crippen molar-refractivity contribution in [2.24, 2.45) is 5.16 Å². The summed E-state index contributed by atoms with van der Waals surface area (Å²) in [6.07, 6.45) is -0.598. The summed E-state index contributed by atoms with van der Waals surface area (Å²) >= 11 is 0. The van der Waals surface area contributed by atoms with Crippen LogP contribution in [0.25, 0.3) is 0 Å². The second kappa shape index (κ2) is 9.62. The summed E-state index contributed by atoms with van der Waals surface area (Å²) < 4.78 is 11.0. The van der Waals surface area contributed by atoms with Crippen LogP contribution < -0.4 is 14.8 Å². The Morgan fingerprint density at radius 3 is 2.35 bits per heavy atom. The fourth-order valence-corrected chi connectivity index (χ4v) is 3.64. The zero-order chi connectivity index (χ0) is 24.2. The Morgan fingerprint density at radius 1 is 1.03 bits per heavy atom. The Labute approximate surface area is 196 Å². The van der Waals surface area contributed by atoms with E-state index in [0.29, 0.717) is 17.2 Å². The minimum absolute atomic E-state index is 0.209. The van der Waals surface area contributed by atoms with E-state index in [2.05, 4.69) is 10.5 Å². The second-order valence-corrected chi connectivity index (χ2v) is 7.95. The quantitative estimate of drug-likeness (QED) is 0.385. The van der Waals surface area contributed by atoms with E-state index in [4.69, 9.17) is 14.3 Å². The molecule has 3 aromatic rings. The predicted octanol–water partition coefficient (Wildman–Crippen LogP) is 5.14. The van der Waals surface area contributed by atoms with Gasteiger partial charge in [-0.05, 0) is 66.9 Å². The number of oxime groups is 1. The van der Waals surface area contributed by atoms with Crippen molar-refractivity contribution in [2.75, 3.05) is 12.4 Å². The number of methoxy groups -OCH3 is 1. The number of nitro groups is 1. The van der Waals surface area contributed by atoms with Crippen LogP contribution in [0.1, 0.15) is 23.1 Å². The van der Waals surface area contributed by atoms with Crippen molar-refractivity contribution in [3.8, 4) is 17.2 Å². The Balaban J connectivity index is 1.48. The molecule has 174 valence electrons. The molecule has 3 aromatic carbocycles. The maximum absolute atomic E-state index is 12.8. The number of carbonyl (C=O) groups excluding carboxylic acids is 1. The van der Waals surface area contributed by atoms with E-state index < -0.39 is 16.9 Å². The Kier molecular flexibility index (Phi) is 6.44. The molecule has 0 saturated carbocycles. The third-order valence-corrected chi connectivity index (χ3v) is 5.19. The molecule has 1 heterocycles. The van der Waals surface area contributed by atoms with Gasteiger partial charge in [0, 0.05) is 18.6 Å². The number of carbonyl (C=O) groups is 1. The van der Waals surface area contributed by atoms with Gasteiger partial charge in [-0.15, -0.1) is 0 Å². The van der Waals surface area contributed by atoms with Crippen molar-refractivity contribution in [1.82, 2.24) is 0 Å². The molecular weight excluding hydrogens is 438 g/mol. The van der Waals surface area contributed by atoms with Crippen LogP contribution in [-0.2, 0) is 9.63 Å². The lowest BCUT2D eigenvalue weighted by molar-refractivity contribution is -0.384. The van der Waals surface area contributed by atoms with Crippen molar-refractivity contribution in [2.45, 2.75) is 26.4 Å². The van der Waals surface area contributed by atoms with Gasteiger partial charge in [0.05, 0.1) is 29.5 Å². The number of hydrogen-bond acceptors (Lipinski definition) is 7. The average molecular weight is 461 g/mol. The number of non-ortho nitro benzene ring substituents is 1. The van der Waals surface area contributed by atoms with Gasteiger partial charge in [0.2, 0.25) is 6.10 Å². The molecule has 1 atom stereocenters. The lowest BCUT2D eigenvalue weighted by atomic mass is 10.0. The zero-order valence-electron chi connectivity index (χ0n) is 18.9. The van der Waals surface area contributed by atoms with E-state index in [1.54, 1.807) is 19.2 Å². The molecule has 1 aliphatic heterocycles. The lowest BCUT2D eigenvalue weighted by Crippen LogP contribution is -2.28. The van der Waals surface area contributed by atoms with Gasteiger partial charge < -0.3 is 19.6 Å². The number of hydrogen-bond donors (Lipinski definition) is 1. The minimum Gasteiger partial charge on any atom is -0.497 e. The Hall–Kier alpha value is -4.40. The van der Waals surface area contributed by atoms with Crippen LogP contribution in [0.4, 0.5) is 11.4 Å². The molecule has 1 unspecified atom stereocenters. The predicted molar refractivity (Wildman–Crippen MR) is 127 cm³/mol. The molecule has 0 fully saturated rings. The number of rotatable bonds is 7. The molecule has 0 bridgehead atoms. The molecule has 1 amide bonds. The van der Waals surface area contributed by atoms with Crippen LogP contribution in [-0.4, -0.2) is 29.8 Å². The summed E-state index contributed by atoms with van der Waals surface area (Å²) in [5, 5.41) is 18.1. The molecule has 34 heavy (non-hydrogen) atoms. The summed E-state index contributed by atoms with van der Waals surface area (Å²) in [4.78, 5) is 29.0. The molecular formula is C25H23N3O6. The highest BCUT2D eigenvalue weighted by molar-refractivity contribution is 6.06. The monoisotopic (exact) mass is 461 g/mol. The zero-order valence-corrected chi connectivity index (χ0v) is 18.9. The third-order valence-electron chi connectivity index (χ3n) is 5.19. The first-order valence-corrected chi connectivity index (χ1v) is 10.5. The number of amides is 1. The molecule has 4 rings (SSSR count). The minimum atomic E-state index is -0.861. The maximum atomic E-state index is 12.8. The molecule has 1 aliphatic rings. The normalized spacial score (nSPS) is 14.7. The number of benzene rings is 3. The first-order chi connectivity index (χ1) is 16.3. The van der Waals surface area contributed by atoms with Gasteiger partial charge in [0.25, 0.3) is 11.6 Å². The Bertz CT molecular complexity index is 1250. The molecule has 9 heteroatoms. The van der Waals surface area contributed by atoms with E-state index >= 15 is 0 Å². The van der Waals surface area contributed by atoms with Crippen molar-refractivity contribution in [3.05, 3.63) is 87.5 Å². The van der Waals surface area contributed by atoms with Crippen LogP contribution >= 0.6 is 0 Å². The number of aryl methyl sites for hydroxylation is 2. The highest BCUT2D eigenvalue weighted by atomic mass is 16.6. The summed E-state index contributed by atoms with van der Waals surface area (Å²) in [6.45, 7) is 3.87. The molecule has 9 nitrogen and oxygen atoms in total. The first kappa shape index (κ1) is 22.8. The lowest BCUT2D eigenvalue weighted by Gasteiger charge is -2.12. The molecule has 1 N–H and O–H groups in total. The largest absolute Gasteiger partial charge is 0.497 e. The van der Waals surface area contributed by atoms with E-state index in [0.717, 1.165) is 16.7 Å². The molecule has 0 radical (unpaired) electrons. The highest BCUT2D eigenvalue weighted by Gasteiger charge is 2.29. The Morgan fingerprint density at radius 2 is 1.71 bits per heavy atom. The second-order valence-electron chi connectivity index (χ2n) is 7.95. The van der Waals surface area contributed by atoms with Crippen LogP contribution in [0.5, 0.6) is 17.2 Å². The van der Waals surface area contributed by atoms with Gasteiger partial charge in [-0.25, -0.2) is 0 Å². The van der Waals surface area contributed by atoms with Crippen LogP contribution in [0, 0.1) is 24.0 Å². The van der Waals surface area contributed by atoms with E-state index in [1.165, 1.54) is 18.2 Å². The molecule has 0 saturated heterocycles. The fraction of sp³-hybridized carbons (Fsp3) is 0.200. The van der Waals surface area contributed by atoms with Gasteiger partial charge in [0.1, 0.15) is 17.2 Å². The van der Waals surface area contributed by atoms with Gasteiger partial charge in [-0.1, -0.05) is 11.2 Å². The van der Waals surface area contributed by atoms with Gasteiger partial charge in [-0.3, -0.25) is 14.9 Å². The number of nitrogens with one attached hydrogen (secondary N) is 1. The fourth-order valence-electron chi connectivity index (χ4n) is 3.64.